The highest BCUT2D eigenvalue weighted by Crippen LogP contribution is 2.43. The van der Waals surface area contributed by atoms with Crippen molar-refractivity contribution in [2.24, 2.45) is 4.99 Å². The van der Waals surface area contributed by atoms with E-state index >= 15 is 0 Å². The first-order valence-corrected chi connectivity index (χ1v) is 10.6. The predicted octanol–water partition coefficient (Wildman–Crippen LogP) is 3.99. The minimum Gasteiger partial charge on any atom is -0.457 e. The number of para-hydroxylation sites is 1. The Morgan fingerprint density at radius 1 is 1.23 bits per heavy atom. The number of thioether (sulfide) groups is 1. The molecule has 0 aromatic heterocycles. The normalized spacial score (nSPS) is 18.4. The lowest BCUT2D eigenvalue weighted by molar-refractivity contribution is -0.385. The third-order valence-electron chi connectivity index (χ3n) is 5.07. The molecule has 0 saturated carbocycles. The van der Waals surface area contributed by atoms with Crippen molar-refractivity contribution in [1.29, 1.82) is 0 Å². The van der Waals surface area contributed by atoms with E-state index in [1.165, 1.54) is 22.7 Å². The second-order valence-corrected chi connectivity index (χ2v) is 8.10. The van der Waals surface area contributed by atoms with Gasteiger partial charge in [0.15, 0.2) is 5.17 Å². The van der Waals surface area contributed by atoms with Gasteiger partial charge in [-0.05, 0) is 18.6 Å². The van der Waals surface area contributed by atoms with Crippen molar-refractivity contribution in [2.75, 3.05) is 5.75 Å². The topological polar surface area (TPSA) is 102 Å². The molecule has 1 saturated heterocycles. The first kappa shape index (κ1) is 20.8. The van der Waals surface area contributed by atoms with Gasteiger partial charge in [-0.3, -0.25) is 19.8 Å². The Hall–Kier alpha value is -3.46. The molecule has 1 fully saturated rings. The number of amidine groups is 1. The summed E-state index contributed by atoms with van der Waals surface area (Å²) >= 11 is 1.39. The van der Waals surface area contributed by atoms with Crippen LogP contribution in [0.5, 0.6) is 0 Å². The molecule has 8 nitrogen and oxygen atoms in total. The molecule has 4 rings (SSSR count). The molecule has 0 aliphatic carbocycles. The van der Waals surface area contributed by atoms with Gasteiger partial charge in [-0.1, -0.05) is 54.2 Å². The summed E-state index contributed by atoms with van der Waals surface area (Å²) in [6, 6.07) is 14.4. The number of hydrogen-bond acceptors (Lipinski definition) is 7. The minimum absolute atomic E-state index is 0.0410. The summed E-state index contributed by atoms with van der Waals surface area (Å²) in [5.41, 5.74) is 1.40. The Bertz CT molecular complexity index is 1110. The molecular formula is C22H19N3O5S. The van der Waals surface area contributed by atoms with Crippen molar-refractivity contribution < 1.29 is 19.2 Å². The molecule has 2 heterocycles. The average Bonchev–Trinajstić information content (AvgIpc) is 2.77. The Balaban J connectivity index is 1.78. The maximum absolute atomic E-state index is 13.2. The van der Waals surface area contributed by atoms with E-state index in [2.05, 4.69) is 4.99 Å². The third kappa shape index (κ3) is 4.09. The molecule has 2 aromatic carbocycles. The van der Waals surface area contributed by atoms with Crippen LogP contribution in [-0.2, 0) is 20.9 Å². The van der Waals surface area contributed by atoms with Gasteiger partial charge < -0.3 is 4.74 Å². The lowest BCUT2D eigenvalue weighted by Crippen LogP contribution is -2.46. The van der Waals surface area contributed by atoms with Gasteiger partial charge in [-0.25, -0.2) is 9.79 Å². The zero-order chi connectivity index (χ0) is 22.0. The first-order valence-electron chi connectivity index (χ1n) is 9.66. The van der Waals surface area contributed by atoms with Gasteiger partial charge in [0, 0.05) is 18.2 Å². The quantitative estimate of drug-likeness (QED) is 0.398. The monoisotopic (exact) mass is 437 g/mol. The number of allylic oxidation sites excluding steroid dienone is 1. The van der Waals surface area contributed by atoms with Crippen molar-refractivity contribution in [3.8, 4) is 0 Å². The van der Waals surface area contributed by atoms with Crippen LogP contribution in [0.15, 0.2) is 70.9 Å². The molecule has 0 spiro atoms. The molecule has 158 valence electrons. The smallest absolute Gasteiger partial charge is 0.338 e. The highest BCUT2D eigenvalue weighted by Gasteiger charge is 2.44. The number of carbonyl (C=O) groups excluding carboxylic acids is 2. The number of esters is 1. The number of aliphatic imine (C=N–C) groups is 1. The highest BCUT2D eigenvalue weighted by molar-refractivity contribution is 8.14. The number of hydrogen-bond donors (Lipinski definition) is 0. The van der Waals surface area contributed by atoms with E-state index in [0.29, 0.717) is 16.6 Å². The zero-order valence-corrected chi connectivity index (χ0v) is 17.5. The van der Waals surface area contributed by atoms with E-state index in [0.717, 1.165) is 5.56 Å². The van der Waals surface area contributed by atoms with Crippen LogP contribution in [0, 0.1) is 10.1 Å². The molecule has 1 atom stereocenters. The van der Waals surface area contributed by atoms with Gasteiger partial charge in [-0.15, -0.1) is 0 Å². The van der Waals surface area contributed by atoms with Gasteiger partial charge in [0.25, 0.3) is 5.69 Å². The van der Waals surface area contributed by atoms with Gasteiger partial charge in [-0.2, -0.15) is 0 Å². The summed E-state index contributed by atoms with van der Waals surface area (Å²) in [6.07, 6.45) is 0.256. The summed E-state index contributed by atoms with van der Waals surface area (Å²) in [6.45, 7) is 1.70. The predicted molar refractivity (Wildman–Crippen MR) is 116 cm³/mol. The van der Waals surface area contributed by atoms with Crippen molar-refractivity contribution in [3.05, 3.63) is 87.1 Å². The summed E-state index contributed by atoms with van der Waals surface area (Å²) in [5.74, 6) is -0.323. The maximum atomic E-state index is 13.2. The molecule has 31 heavy (non-hydrogen) atoms. The van der Waals surface area contributed by atoms with Gasteiger partial charge in [0.05, 0.1) is 21.8 Å². The molecule has 2 aromatic rings. The Morgan fingerprint density at radius 2 is 1.94 bits per heavy atom. The Kier molecular flexibility index (Phi) is 5.85. The molecule has 0 unspecified atom stereocenters. The van der Waals surface area contributed by atoms with Crippen LogP contribution in [0.25, 0.3) is 0 Å². The van der Waals surface area contributed by atoms with E-state index in [1.807, 2.05) is 30.3 Å². The second-order valence-electron chi connectivity index (χ2n) is 7.04. The SMILES string of the molecule is CC1=C(C(=O)OCc2ccccc2)[C@@H](c2ccccc2[N+](=O)[O-])N2C(=O)CCSC2=N1. The molecule has 9 heteroatoms. The number of rotatable bonds is 5. The molecule has 0 bridgehead atoms. The van der Waals surface area contributed by atoms with Crippen LogP contribution in [0.4, 0.5) is 5.69 Å². The fourth-order valence-electron chi connectivity index (χ4n) is 3.64. The lowest BCUT2D eigenvalue weighted by Gasteiger charge is -2.38. The number of amides is 1. The summed E-state index contributed by atoms with van der Waals surface area (Å²) in [5, 5.41) is 12.2. The zero-order valence-electron chi connectivity index (χ0n) is 16.7. The Morgan fingerprint density at radius 3 is 2.68 bits per heavy atom. The largest absolute Gasteiger partial charge is 0.457 e. The van der Waals surface area contributed by atoms with Gasteiger partial charge in [0.1, 0.15) is 12.6 Å². The second kappa shape index (κ2) is 8.73. The van der Waals surface area contributed by atoms with Crippen LogP contribution < -0.4 is 0 Å². The number of nitrogens with zero attached hydrogens (tertiary/aromatic N) is 3. The van der Waals surface area contributed by atoms with Gasteiger partial charge >= 0.3 is 5.97 Å². The van der Waals surface area contributed by atoms with E-state index in [4.69, 9.17) is 4.74 Å². The van der Waals surface area contributed by atoms with E-state index in [-0.39, 0.29) is 35.8 Å². The van der Waals surface area contributed by atoms with Crippen molar-refractivity contribution in [3.63, 3.8) is 0 Å². The number of nitro groups is 1. The standard InChI is InChI=1S/C22H19N3O5S/c1-14-19(21(27)30-13-15-7-3-2-4-8-15)20(16-9-5-6-10-17(16)25(28)29)24-18(26)11-12-31-22(24)23-14/h2-10,20H,11-13H2,1H3/t20-/m1/s1. The van der Waals surface area contributed by atoms with Crippen molar-refractivity contribution in [1.82, 2.24) is 4.90 Å². The van der Waals surface area contributed by atoms with Crippen molar-refractivity contribution in [2.45, 2.75) is 26.0 Å². The van der Waals surface area contributed by atoms with Crippen LogP contribution in [0.2, 0.25) is 0 Å². The molecule has 0 N–H and O–H groups in total. The summed E-state index contributed by atoms with van der Waals surface area (Å²) in [4.78, 5) is 43.0. The number of benzene rings is 2. The lowest BCUT2D eigenvalue weighted by atomic mass is 9.93. The fraction of sp³-hybridized carbons (Fsp3) is 0.227. The molecule has 0 radical (unpaired) electrons. The highest BCUT2D eigenvalue weighted by atomic mass is 32.2. The molecular weight excluding hydrogens is 418 g/mol. The van der Waals surface area contributed by atoms with E-state index in [1.54, 1.807) is 25.1 Å². The van der Waals surface area contributed by atoms with Crippen LogP contribution >= 0.6 is 11.8 Å². The molecule has 2 aliphatic rings. The summed E-state index contributed by atoms with van der Waals surface area (Å²) < 4.78 is 5.52. The fourth-order valence-corrected chi connectivity index (χ4v) is 4.64. The molecule has 2 aliphatic heterocycles. The van der Waals surface area contributed by atoms with Crippen LogP contribution in [-0.4, -0.2) is 32.6 Å². The third-order valence-corrected chi connectivity index (χ3v) is 6.02. The number of nitro benzene ring substituents is 1. The first-order chi connectivity index (χ1) is 15.0. The van der Waals surface area contributed by atoms with Gasteiger partial charge in [0.2, 0.25) is 5.91 Å². The summed E-state index contributed by atoms with van der Waals surface area (Å²) in [7, 11) is 0. The number of carbonyl (C=O) groups is 2. The van der Waals surface area contributed by atoms with Crippen molar-refractivity contribution >= 4 is 34.5 Å². The maximum Gasteiger partial charge on any atom is 0.338 e. The van der Waals surface area contributed by atoms with E-state index < -0.39 is 16.9 Å². The Labute approximate surface area is 182 Å². The van der Waals surface area contributed by atoms with E-state index in [9.17, 15) is 19.7 Å². The number of fused-ring (bicyclic) bond motifs is 1. The minimum atomic E-state index is -0.974. The van der Waals surface area contributed by atoms with Crippen LogP contribution in [0.3, 0.4) is 0 Å². The number of ether oxygens (including phenoxy) is 1. The molecule has 1 amide bonds. The van der Waals surface area contributed by atoms with Crippen LogP contribution in [0.1, 0.15) is 30.5 Å². The average molecular weight is 437 g/mol.